The number of nitrogens with zero attached hydrogens (tertiary/aromatic N) is 2. The molecule has 0 fully saturated rings. The zero-order chi connectivity index (χ0) is 13.8. The van der Waals surface area contributed by atoms with Gasteiger partial charge in [-0.3, -0.25) is 0 Å². The lowest BCUT2D eigenvalue weighted by atomic mass is 10.3. The normalized spacial score (nSPS) is 14.7. The Balaban J connectivity index is 2.09. The minimum Gasteiger partial charge on any atom is -0.389 e. The number of hydrogen-bond acceptors (Lipinski definition) is 4. The van der Waals surface area contributed by atoms with Crippen LogP contribution in [0.1, 0.15) is 18.8 Å². The topological polar surface area (TPSA) is 59.3 Å². The van der Waals surface area contributed by atoms with Crippen molar-refractivity contribution in [1.29, 1.82) is 0 Å². The van der Waals surface area contributed by atoms with E-state index in [9.17, 15) is 5.11 Å². The zero-order valence-corrected chi connectivity index (χ0v) is 11.6. The molecule has 19 heavy (non-hydrogen) atoms. The highest BCUT2D eigenvalue weighted by atomic mass is 16.5. The van der Waals surface area contributed by atoms with Gasteiger partial charge in [-0.25, -0.2) is 4.98 Å². The van der Waals surface area contributed by atoms with Crippen molar-refractivity contribution in [2.45, 2.75) is 19.1 Å². The lowest BCUT2D eigenvalue weighted by Crippen LogP contribution is -2.32. The first-order valence-electron chi connectivity index (χ1n) is 6.45. The molecule has 0 bridgehead atoms. The van der Waals surface area contributed by atoms with Crippen LogP contribution in [0.15, 0.2) is 24.3 Å². The van der Waals surface area contributed by atoms with Gasteiger partial charge in [0.2, 0.25) is 0 Å². The van der Waals surface area contributed by atoms with Crippen LogP contribution in [0.25, 0.3) is 11.0 Å². The molecule has 5 heteroatoms. The number of aliphatic hydroxyl groups is 1. The fourth-order valence-electron chi connectivity index (χ4n) is 2.21. The maximum absolute atomic E-state index is 9.64. The Morgan fingerprint density at radius 1 is 1.42 bits per heavy atom. The molecule has 0 unspecified atom stereocenters. The largest absolute Gasteiger partial charge is 0.389 e. The molecule has 1 heterocycles. The number of aromatic nitrogens is 2. The summed E-state index contributed by atoms with van der Waals surface area (Å²) in [5.74, 6) is 0.964. The summed E-state index contributed by atoms with van der Waals surface area (Å²) in [5.41, 5.74) is 2.11. The summed E-state index contributed by atoms with van der Waals surface area (Å²) in [6.07, 6.45) is -0.498. The minimum atomic E-state index is -0.498. The van der Waals surface area contributed by atoms with Crippen molar-refractivity contribution >= 4 is 11.0 Å². The highest BCUT2D eigenvalue weighted by Crippen LogP contribution is 2.18. The first kappa shape index (κ1) is 14.0. The summed E-state index contributed by atoms with van der Waals surface area (Å²) in [6, 6.07) is 8.13. The van der Waals surface area contributed by atoms with E-state index in [1.807, 2.05) is 32.2 Å². The summed E-state index contributed by atoms with van der Waals surface area (Å²) in [5, 5.41) is 12.9. The maximum atomic E-state index is 9.64. The van der Waals surface area contributed by atoms with Crippen molar-refractivity contribution in [3.63, 3.8) is 0 Å². The van der Waals surface area contributed by atoms with Crippen LogP contribution in [-0.2, 0) is 11.8 Å². The number of methoxy groups -OCH3 is 1. The van der Waals surface area contributed by atoms with Gasteiger partial charge in [0.05, 0.1) is 29.8 Å². The van der Waals surface area contributed by atoms with Crippen molar-refractivity contribution in [2.75, 3.05) is 20.3 Å². The van der Waals surface area contributed by atoms with E-state index >= 15 is 0 Å². The Kier molecular flexibility index (Phi) is 4.52. The number of para-hydroxylation sites is 2. The van der Waals surface area contributed by atoms with Crippen LogP contribution in [0.5, 0.6) is 0 Å². The molecule has 0 spiro atoms. The minimum absolute atomic E-state index is 0.0731. The number of benzene rings is 1. The second kappa shape index (κ2) is 6.14. The monoisotopic (exact) mass is 263 g/mol. The standard InChI is InChI=1S/C14H21N3O2/c1-10(15-8-11(18)9-19-3)14-16-12-6-4-5-7-13(12)17(14)2/h4-7,10-11,15,18H,8-9H2,1-3H3/t10-,11+/m1/s1. The molecule has 5 nitrogen and oxygen atoms in total. The fourth-order valence-corrected chi connectivity index (χ4v) is 2.21. The highest BCUT2D eigenvalue weighted by molar-refractivity contribution is 5.75. The lowest BCUT2D eigenvalue weighted by Gasteiger charge is -2.16. The quantitative estimate of drug-likeness (QED) is 0.823. The van der Waals surface area contributed by atoms with Gasteiger partial charge in [-0.1, -0.05) is 12.1 Å². The van der Waals surface area contributed by atoms with E-state index in [0.29, 0.717) is 13.2 Å². The van der Waals surface area contributed by atoms with Crippen LogP contribution in [0.2, 0.25) is 0 Å². The van der Waals surface area contributed by atoms with Crippen LogP contribution in [0, 0.1) is 0 Å². The van der Waals surface area contributed by atoms with E-state index in [1.165, 1.54) is 0 Å². The molecule has 0 aliphatic heterocycles. The molecular weight excluding hydrogens is 242 g/mol. The number of fused-ring (bicyclic) bond motifs is 1. The molecule has 104 valence electrons. The number of aliphatic hydroxyl groups excluding tert-OH is 1. The third-order valence-corrected chi connectivity index (χ3v) is 3.23. The third-order valence-electron chi connectivity index (χ3n) is 3.23. The Bertz CT molecular complexity index is 538. The average Bonchev–Trinajstić information content (AvgIpc) is 2.74. The smallest absolute Gasteiger partial charge is 0.126 e. The van der Waals surface area contributed by atoms with Crippen LogP contribution in [-0.4, -0.2) is 41.0 Å². The average molecular weight is 263 g/mol. The molecule has 0 aliphatic carbocycles. The summed E-state index contributed by atoms with van der Waals surface area (Å²) in [7, 11) is 3.59. The molecule has 1 aromatic heterocycles. The van der Waals surface area contributed by atoms with Gasteiger partial charge in [0.15, 0.2) is 0 Å². The number of aryl methyl sites for hydroxylation is 1. The van der Waals surface area contributed by atoms with Crippen molar-refractivity contribution < 1.29 is 9.84 Å². The van der Waals surface area contributed by atoms with Gasteiger partial charge in [0.25, 0.3) is 0 Å². The molecule has 0 saturated heterocycles. The van der Waals surface area contributed by atoms with Crippen LogP contribution < -0.4 is 5.32 Å². The summed E-state index contributed by atoms with van der Waals surface area (Å²) >= 11 is 0. The predicted octanol–water partition coefficient (Wildman–Crippen LogP) is 1.23. The van der Waals surface area contributed by atoms with Crippen LogP contribution >= 0.6 is 0 Å². The zero-order valence-electron chi connectivity index (χ0n) is 11.6. The number of rotatable bonds is 6. The molecule has 2 rings (SSSR count). The molecule has 2 aromatic rings. The van der Waals surface area contributed by atoms with E-state index < -0.39 is 6.10 Å². The van der Waals surface area contributed by atoms with E-state index in [-0.39, 0.29) is 6.04 Å². The third kappa shape index (κ3) is 3.12. The molecule has 1 aromatic carbocycles. The second-order valence-electron chi connectivity index (χ2n) is 4.76. The van der Waals surface area contributed by atoms with Crippen LogP contribution in [0.4, 0.5) is 0 Å². The first-order valence-corrected chi connectivity index (χ1v) is 6.45. The molecule has 0 radical (unpaired) electrons. The van der Waals surface area contributed by atoms with Crippen molar-refractivity contribution in [1.82, 2.24) is 14.9 Å². The van der Waals surface area contributed by atoms with Crippen LogP contribution in [0.3, 0.4) is 0 Å². The maximum Gasteiger partial charge on any atom is 0.126 e. The van der Waals surface area contributed by atoms with Crippen molar-refractivity contribution in [2.24, 2.45) is 7.05 Å². The van der Waals surface area contributed by atoms with Gasteiger partial charge < -0.3 is 19.7 Å². The lowest BCUT2D eigenvalue weighted by molar-refractivity contribution is 0.0628. The van der Waals surface area contributed by atoms with Gasteiger partial charge in [0.1, 0.15) is 5.82 Å². The van der Waals surface area contributed by atoms with Crippen molar-refractivity contribution in [3.05, 3.63) is 30.1 Å². The van der Waals surface area contributed by atoms with Crippen molar-refractivity contribution in [3.8, 4) is 0 Å². The Labute approximate surface area is 113 Å². The van der Waals surface area contributed by atoms with E-state index in [0.717, 1.165) is 16.9 Å². The van der Waals surface area contributed by atoms with Gasteiger partial charge in [-0.2, -0.15) is 0 Å². The first-order chi connectivity index (χ1) is 9.13. The number of ether oxygens (including phenoxy) is 1. The van der Waals surface area contributed by atoms with Gasteiger partial charge >= 0.3 is 0 Å². The van der Waals surface area contributed by atoms with E-state index in [2.05, 4.69) is 20.9 Å². The number of nitrogens with one attached hydrogen (secondary N) is 1. The Morgan fingerprint density at radius 3 is 2.84 bits per heavy atom. The summed E-state index contributed by atoms with van der Waals surface area (Å²) < 4.78 is 6.98. The van der Waals surface area contributed by atoms with Gasteiger partial charge in [-0.05, 0) is 19.1 Å². The molecule has 0 saturated carbocycles. The fraction of sp³-hybridized carbons (Fsp3) is 0.500. The second-order valence-corrected chi connectivity index (χ2v) is 4.76. The molecular formula is C14H21N3O2. The summed E-state index contributed by atoms with van der Waals surface area (Å²) in [4.78, 5) is 4.62. The number of hydrogen-bond donors (Lipinski definition) is 2. The molecule has 0 aliphatic rings. The Morgan fingerprint density at radius 2 is 2.16 bits per heavy atom. The predicted molar refractivity (Wildman–Crippen MR) is 75.0 cm³/mol. The SMILES string of the molecule is COC[C@@H](O)CN[C@H](C)c1nc2ccccc2n1C. The number of imidazole rings is 1. The Hall–Kier alpha value is -1.43. The molecule has 2 atom stereocenters. The van der Waals surface area contributed by atoms with Gasteiger partial charge in [-0.15, -0.1) is 0 Å². The molecule has 2 N–H and O–H groups in total. The highest BCUT2D eigenvalue weighted by Gasteiger charge is 2.15. The van der Waals surface area contributed by atoms with Gasteiger partial charge in [0, 0.05) is 20.7 Å². The van der Waals surface area contributed by atoms with E-state index in [4.69, 9.17) is 4.74 Å². The van der Waals surface area contributed by atoms with E-state index in [1.54, 1.807) is 7.11 Å². The molecule has 0 amide bonds. The summed E-state index contributed by atoms with van der Waals surface area (Å²) in [6.45, 7) is 2.86.